The molecule has 2 nitrogen and oxygen atoms in total. The van der Waals surface area contributed by atoms with Crippen LogP contribution in [0.1, 0.15) is 52.5 Å². The van der Waals surface area contributed by atoms with E-state index in [1.165, 1.54) is 38.7 Å². The molecule has 2 heteroatoms. The van der Waals surface area contributed by atoms with E-state index in [1.54, 1.807) is 0 Å². The summed E-state index contributed by atoms with van der Waals surface area (Å²) in [6.07, 6.45) is 4.33. The Bertz CT molecular complexity index is 1510. The molecule has 0 radical (unpaired) electrons. The first-order valence-electron chi connectivity index (χ1n) is 13.4. The van der Waals surface area contributed by atoms with Crippen molar-refractivity contribution in [2.75, 3.05) is 18.0 Å². The maximum atomic E-state index is 5.11. The number of hydrogen-bond donors (Lipinski definition) is 0. The second kappa shape index (κ2) is 9.37. The maximum Gasteiger partial charge on any atom is 0.0637 e. The highest BCUT2D eigenvalue weighted by Gasteiger charge is 2.35. The van der Waals surface area contributed by atoms with Gasteiger partial charge in [0.05, 0.1) is 5.69 Å². The monoisotopic (exact) mass is 478 g/mol. The van der Waals surface area contributed by atoms with Gasteiger partial charge in [-0.25, -0.2) is 0 Å². The number of anilines is 1. The van der Waals surface area contributed by atoms with Gasteiger partial charge in [-0.2, -0.15) is 0 Å². The van der Waals surface area contributed by atoms with Crippen LogP contribution in [0.5, 0.6) is 0 Å². The highest BCUT2D eigenvalue weighted by Crippen LogP contribution is 2.49. The molecule has 2 aliphatic heterocycles. The largest absolute Gasteiger partial charge is 0.371 e. The van der Waals surface area contributed by atoms with E-state index in [2.05, 4.69) is 126 Å². The third kappa shape index (κ3) is 4.03. The van der Waals surface area contributed by atoms with Crippen molar-refractivity contribution in [2.45, 2.75) is 24.7 Å². The topological polar surface area (TPSA) is 15.6 Å². The summed E-state index contributed by atoms with van der Waals surface area (Å²) in [5.41, 5.74) is 9.32. The highest BCUT2D eigenvalue weighted by molar-refractivity contribution is 6.00. The molecule has 0 aromatic heterocycles. The van der Waals surface area contributed by atoms with Gasteiger partial charge < -0.3 is 4.90 Å². The van der Waals surface area contributed by atoms with E-state index in [0.29, 0.717) is 11.8 Å². The van der Waals surface area contributed by atoms with Gasteiger partial charge in [-0.3, -0.25) is 4.99 Å². The molecular weight excluding hydrogens is 448 g/mol. The maximum absolute atomic E-state index is 5.11. The van der Waals surface area contributed by atoms with Gasteiger partial charge in [-0.05, 0) is 58.0 Å². The fourth-order valence-electron chi connectivity index (χ4n) is 6.42. The molecule has 0 N–H and O–H groups in total. The molecular formula is C35H30N2. The van der Waals surface area contributed by atoms with Crippen molar-refractivity contribution in [1.29, 1.82) is 0 Å². The molecule has 2 heterocycles. The van der Waals surface area contributed by atoms with Crippen LogP contribution in [0.4, 0.5) is 11.4 Å². The molecule has 180 valence electrons. The Morgan fingerprint density at radius 2 is 1.19 bits per heavy atom. The van der Waals surface area contributed by atoms with E-state index in [4.69, 9.17) is 4.99 Å². The molecule has 5 aromatic carbocycles. The summed E-state index contributed by atoms with van der Waals surface area (Å²) in [5, 5.41) is 2.49. The standard InChI is InChI=1S/C35H30N2/c1-3-10-26(11-4-1)31-18-20-37-21-19-32(27-12-5-2-6-13-27)34-23-29(22-33(31)35(34)37)36-24-28-16-9-15-25-14-7-8-17-30(25)28/h1-17,22-24,31-32H,18-21H2/t31-,32-/m0/s1. The van der Waals surface area contributed by atoms with E-state index in [-0.39, 0.29) is 0 Å². The van der Waals surface area contributed by atoms with Crippen LogP contribution in [0.25, 0.3) is 10.8 Å². The van der Waals surface area contributed by atoms with E-state index in [0.717, 1.165) is 37.2 Å². The Balaban J connectivity index is 1.39. The minimum atomic E-state index is 0.397. The van der Waals surface area contributed by atoms with Crippen LogP contribution in [-0.2, 0) is 0 Å². The molecule has 0 aliphatic carbocycles. The normalized spacial score (nSPS) is 18.8. The van der Waals surface area contributed by atoms with Crippen molar-refractivity contribution < 1.29 is 0 Å². The Labute approximate surface area is 218 Å². The van der Waals surface area contributed by atoms with Crippen molar-refractivity contribution >= 4 is 28.4 Å². The Hall–Kier alpha value is -4.17. The van der Waals surface area contributed by atoms with E-state index < -0.39 is 0 Å². The number of nitrogens with zero attached hydrogens (tertiary/aromatic N) is 2. The van der Waals surface area contributed by atoms with Gasteiger partial charge in [0.25, 0.3) is 0 Å². The SMILES string of the molecule is C(=Nc1cc2c3c(c1)[C@H](c1ccccc1)CCN3CC[C@H]2c1ccccc1)c1cccc2ccccc12. The lowest BCUT2D eigenvalue weighted by Gasteiger charge is -2.43. The lowest BCUT2D eigenvalue weighted by molar-refractivity contribution is 0.571. The molecule has 2 aliphatic rings. The quantitative estimate of drug-likeness (QED) is 0.237. The lowest BCUT2D eigenvalue weighted by Crippen LogP contribution is -2.37. The molecule has 0 spiro atoms. The van der Waals surface area contributed by atoms with Crippen LogP contribution in [-0.4, -0.2) is 19.3 Å². The predicted molar refractivity (Wildman–Crippen MR) is 156 cm³/mol. The van der Waals surface area contributed by atoms with Crippen molar-refractivity contribution in [1.82, 2.24) is 0 Å². The summed E-state index contributed by atoms with van der Waals surface area (Å²) in [6.45, 7) is 2.22. The lowest BCUT2D eigenvalue weighted by atomic mass is 9.76. The molecule has 0 saturated heterocycles. The molecule has 0 bridgehead atoms. The van der Waals surface area contributed by atoms with Crippen LogP contribution < -0.4 is 4.90 Å². The van der Waals surface area contributed by atoms with Gasteiger partial charge in [0.2, 0.25) is 0 Å². The number of aliphatic imine (C=N–C) groups is 1. The van der Waals surface area contributed by atoms with E-state index >= 15 is 0 Å². The molecule has 0 amide bonds. The van der Waals surface area contributed by atoms with Gasteiger partial charge in [0.15, 0.2) is 0 Å². The predicted octanol–water partition coefficient (Wildman–Crippen LogP) is 8.47. The molecule has 37 heavy (non-hydrogen) atoms. The van der Waals surface area contributed by atoms with Gasteiger partial charge in [-0.1, -0.05) is 103 Å². The summed E-state index contributed by atoms with van der Waals surface area (Å²) in [6, 6.07) is 41.8. The van der Waals surface area contributed by atoms with Crippen molar-refractivity contribution in [3.63, 3.8) is 0 Å². The molecule has 0 saturated carbocycles. The van der Waals surface area contributed by atoms with Gasteiger partial charge in [-0.15, -0.1) is 0 Å². The number of fused-ring (bicyclic) bond motifs is 1. The molecule has 0 unspecified atom stereocenters. The Morgan fingerprint density at radius 3 is 1.84 bits per heavy atom. The number of rotatable bonds is 4. The molecule has 0 fully saturated rings. The average molecular weight is 479 g/mol. The van der Waals surface area contributed by atoms with Crippen LogP contribution in [0.3, 0.4) is 0 Å². The van der Waals surface area contributed by atoms with Gasteiger partial charge in [0, 0.05) is 42.4 Å². The minimum Gasteiger partial charge on any atom is -0.371 e. The molecule has 7 rings (SSSR count). The van der Waals surface area contributed by atoms with Crippen LogP contribution >= 0.6 is 0 Å². The minimum absolute atomic E-state index is 0.397. The molecule has 5 aromatic rings. The Kier molecular flexibility index (Phi) is 5.59. The second-order valence-corrected chi connectivity index (χ2v) is 10.3. The van der Waals surface area contributed by atoms with E-state index in [1.807, 2.05) is 0 Å². The zero-order valence-electron chi connectivity index (χ0n) is 20.9. The third-order valence-corrected chi connectivity index (χ3v) is 8.18. The molecule has 2 atom stereocenters. The Morgan fingerprint density at radius 1 is 0.622 bits per heavy atom. The zero-order valence-corrected chi connectivity index (χ0v) is 20.9. The summed E-state index contributed by atoms with van der Waals surface area (Å²) in [7, 11) is 0. The number of benzene rings is 5. The van der Waals surface area contributed by atoms with Crippen molar-refractivity contribution in [3.05, 3.63) is 143 Å². The smallest absolute Gasteiger partial charge is 0.0637 e. The summed E-state index contributed by atoms with van der Waals surface area (Å²) in [5.74, 6) is 0.793. The first kappa shape index (κ1) is 22.1. The van der Waals surface area contributed by atoms with Crippen LogP contribution in [0.15, 0.2) is 120 Å². The summed E-state index contributed by atoms with van der Waals surface area (Å²) in [4.78, 5) is 7.73. The van der Waals surface area contributed by atoms with E-state index in [9.17, 15) is 0 Å². The highest BCUT2D eigenvalue weighted by atomic mass is 15.1. The second-order valence-electron chi connectivity index (χ2n) is 10.3. The zero-order chi connectivity index (χ0) is 24.6. The fourth-order valence-corrected chi connectivity index (χ4v) is 6.42. The fraction of sp³-hybridized carbons (Fsp3) is 0.171. The van der Waals surface area contributed by atoms with Gasteiger partial charge >= 0.3 is 0 Å². The van der Waals surface area contributed by atoms with Gasteiger partial charge in [0.1, 0.15) is 0 Å². The van der Waals surface area contributed by atoms with Crippen molar-refractivity contribution in [2.24, 2.45) is 4.99 Å². The van der Waals surface area contributed by atoms with Crippen LogP contribution in [0, 0.1) is 0 Å². The summed E-state index contributed by atoms with van der Waals surface area (Å²) >= 11 is 0. The first-order chi connectivity index (χ1) is 18.3. The first-order valence-corrected chi connectivity index (χ1v) is 13.4. The van der Waals surface area contributed by atoms with Crippen LogP contribution in [0.2, 0.25) is 0 Å². The third-order valence-electron chi connectivity index (χ3n) is 8.18. The van der Waals surface area contributed by atoms with Crippen molar-refractivity contribution in [3.8, 4) is 0 Å². The number of hydrogen-bond acceptors (Lipinski definition) is 2. The summed E-state index contributed by atoms with van der Waals surface area (Å²) < 4.78 is 0. The average Bonchev–Trinajstić information content (AvgIpc) is 2.97.